The average Bonchev–Trinajstić information content (AvgIpc) is 1.67. The maximum absolute atomic E-state index is 13.6. The SMILES string of the molecule is CCC1(CC)CC[C@@H](N2CCCC2)[C@H](N(C)C(=O)Cc2ccc(Cl)c(Cl)c2)C1.CCC1(CC)CC[C@@H](N2CCCC2)[C@H](NC)C1.CN(C(=O)Cc1ccc(Cl)c(Cl)c1)[C@@H]1CCC(CCOCCOCCOCCO)(CCOCCOCCOCCO)C[C@H]1N1CCCC1.O=C(O)Cc1ccc(Cl)c(Cl)c1. The molecule has 6 fully saturated rings. The van der Waals surface area contributed by atoms with Crippen LogP contribution in [0.25, 0.3) is 0 Å². The molecule has 3 saturated carbocycles. The topological polar surface area (TPSA) is 196 Å². The van der Waals surface area contributed by atoms with E-state index in [1.165, 1.54) is 122 Å². The molecule has 3 aliphatic carbocycles. The number of halogens is 6. The van der Waals surface area contributed by atoms with Gasteiger partial charge in [0.05, 0.1) is 129 Å². The van der Waals surface area contributed by atoms with E-state index >= 15 is 0 Å². The zero-order valence-corrected chi connectivity index (χ0v) is 68.8. The minimum atomic E-state index is -0.881. The number of hydrogen-bond donors (Lipinski definition) is 4. The molecule has 6 aliphatic rings. The quantitative estimate of drug-likeness (QED) is 0.0395. The maximum Gasteiger partial charge on any atom is 0.307 e. The van der Waals surface area contributed by atoms with E-state index in [4.69, 9.17) is 113 Å². The number of nitrogens with one attached hydrogen (secondary N) is 1. The van der Waals surface area contributed by atoms with E-state index < -0.39 is 5.97 Å². The fourth-order valence-electron chi connectivity index (χ4n) is 16.9. The number of rotatable bonds is 38. The van der Waals surface area contributed by atoms with Gasteiger partial charge in [-0.05, 0) is 225 Å². The fraction of sp³-hybridized carbons (Fsp3) is 0.741. The first-order chi connectivity index (χ1) is 50.6. The lowest BCUT2D eigenvalue weighted by atomic mass is 9.66. The third kappa shape index (κ3) is 30.1. The van der Waals surface area contributed by atoms with Crippen molar-refractivity contribution >= 4 is 87.4 Å². The monoisotopic (exact) mass is 1590 g/mol. The van der Waals surface area contributed by atoms with Crippen LogP contribution in [-0.2, 0) is 62.1 Å². The maximum atomic E-state index is 13.6. The highest BCUT2D eigenvalue weighted by Crippen LogP contribution is 2.48. The number of carboxylic acid groups (broad SMARTS) is 1. The zero-order valence-electron chi connectivity index (χ0n) is 64.3. The Balaban J connectivity index is 0.000000251. The molecule has 0 radical (unpaired) electrons. The third-order valence-electron chi connectivity index (χ3n) is 23.7. The molecule has 6 atom stereocenters. The van der Waals surface area contributed by atoms with Crippen LogP contribution in [0.3, 0.4) is 0 Å². The number of carbonyl (C=O) groups is 3. The second-order valence-electron chi connectivity index (χ2n) is 29.9. The van der Waals surface area contributed by atoms with Crippen LogP contribution in [0, 0.1) is 16.2 Å². The van der Waals surface area contributed by atoms with Gasteiger partial charge in [-0.1, -0.05) is 141 Å². The first kappa shape index (κ1) is 91.2. The summed E-state index contributed by atoms with van der Waals surface area (Å²) >= 11 is 35.8. The molecule has 3 aliphatic heterocycles. The first-order valence-corrected chi connectivity index (χ1v) is 41.5. The second kappa shape index (κ2) is 49.0. The lowest BCUT2D eigenvalue weighted by Gasteiger charge is -2.50. The van der Waals surface area contributed by atoms with Gasteiger partial charge in [0.1, 0.15) is 0 Å². The standard InChI is InChI=1S/C35H58Cl2N2O9.C23H34Cl2N2O.C15H30N2.C8H6Cl2O2/c1-38(34(42)27-29-4-5-30(36)31(37)26-29)32-6-7-35(28-33(32)39-10-2-3-11-39,8-14-43-18-22-47-24-20-45-16-12-40)9-15-44-19-23-48-25-21-46-17-13-41;1-4-23(5-2)11-10-20(27-12-6-7-13-27)21(16-23)26(3)22(28)15-17-8-9-18(24)19(25)14-17;1-4-15(5-2)9-8-14(13(12-15)16-3)17-10-6-7-11-17;9-6-2-1-5(3-7(6)10)4-8(11)12/h4-5,26,32-33,40-41H,2-3,6-25,27-28H2,1H3;8-9,14,20-21H,4-7,10-13,15-16H2,1-3H3;13-14,16H,4-12H2,1-3H3;1-3H,4H2,(H,11,12)/t32-,33-;20-,21-;13-,14-;/m111./s1. The summed E-state index contributed by atoms with van der Waals surface area (Å²) in [6.07, 6.45) is 26.0. The molecule has 3 aromatic rings. The Bertz CT molecular complexity index is 2950. The number of hydrogen-bond acceptors (Lipinski definition) is 15. The van der Waals surface area contributed by atoms with Crippen molar-refractivity contribution in [1.82, 2.24) is 29.8 Å². The number of nitrogens with zero attached hydrogens (tertiary/aromatic N) is 5. The summed E-state index contributed by atoms with van der Waals surface area (Å²) < 4.78 is 33.8. The lowest BCUT2D eigenvalue weighted by Crippen LogP contribution is -2.57. The molecule has 3 saturated heterocycles. The molecule has 9 rings (SSSR count). The Morgan fingerprint density at radius 2 is 0.781 bits per heavy atom. The van der Waals surface area contributed by atoms with Gasteiger partial charge in [-0.3, -0.25) is 29.1 Å². The fourth-order valence-corrected chi connectivity index (χ4v) is 17.8. The summed E-state index contributed by atoms with van der Waals surface area (Å²) in [5.41, 5.74) is 3.47. The van der Waals surface area contributed by atoms with E-state index in [1.54, 1.807) is 36.4 Å². The van der Waals surface area contributed by atoms with Crippen molar-refractivity contribution < 1.29 is 58.1 Å². The summed E-state index contributed by atoms with van der Waals surface area (Å²) in [5.74, 6) is -0.616. The number of aliphatic carboxylic acids is 1. The number of likely N-dealkylation sites (tertiary alicyclic amines) is 3. The molecule has 3 heterocycles. The number of ether oxygens (including phenoxy) is 6. The highest BCUT2D eigenvalue weighted by Gasteiger charge is 2.47. The van der Waals surface area contributed by atoms with Gasteiger partial charge in [0.2, 0.25) is 11.8 Å². The van der Waals surface area contributed by atoms with Gasteiger partial charge in [0, 0.05) is 63.6 Å². The molecule has 2 amide bonds. The van der Waals surface area contributed by atoms with Crippen molar-refractivity contribution in [2.45, 2.75) is 218 Å². The van der Waals surface area contributed by atoms with E-state index in [1.807, 2.05) is 42.1 Å². The number of carbonyl (C=O) groups excluding carboxylic acids is 2. The molecule has 596 valence electrons. The number of aliphatic hydroxyl groups excluding tert-OH is 2. The molecule has 105 heavy (non-hydrogen) atoms. The third-order valence-corrected chi connectivity index (χ3v) is 25.9. The Morgan fingerprint density at radius 3 is 1.16 bits per heavy atom. The van der Waals surface area contributed by atoms with E-state index in [2.05, 4.69) is 54.8 Å². The molecule has 0 spiro atoms. The molecule has 3 aromatic carbocycles. The number of carboxylic acids is 1. The minimum absolute atomic E-state index is 0.00984. The van der Waals surface area contributed by atoms with Gasteiger partial charge in [-0.2, -0.15) is 0 Å². The van der Waals surface area contributed by atoms with Crippen molar-refractivity contribution in [2.75, 3.05) is 153 Å². The first-order valence-electron chi connectivity index (χ1n) is 39.2. The highest BCUT2D eigenvalue weighted by atomic mass is 35.5. The highest BCUT2D eigenvalue weighted by molar-refractivity contribution is 6.43. The van der Waals surface area contributed by atoms with Crippen LogP contribution < -0.4 is 5.32 Å². The summed E-state index contributed by atoms with van der Waals surface area (Å²) in [5, 5.41) is 32.5. The molecular weight excluding hydrogens is 1460 g/mol. The van der Waals surface area contributed by atoms with Gasteiger partial charge in [0.25, 0.3) is 0 Å². The van der Waals surface area contributed by atoms with Gasteiger partial charge >= 0.3 is 5.97 Å². The van der Waals surface area contributed by atoms with Crippen LogP contribution in [0.15, 0.2) is 54.6 Å². The van der Waals surface area contributed by atoms with E-state index in [-0.39, 0.29) is 55.4 Å². The van der Waals surface area contributed by atoms with Crippen molar-refractivity contribution in [1.29, 1.82) is 0 Å². The summed E-state index contributed by atoms with van der Waals surface area (Å²) in [4.78, 5) is 49.1. The summed E-state index contributed by atoms with van der Waals surface area (Å²) in [7, 11) is 6.13. The molecule has 18 nitrogen and oxygen atoms in total. The average molecular weight is 1590 g/mol. The number of amides is 2. The van der Waals surface area contributed by atoms with Gasteiger partial charge in [0.15, 0.2) is 0 Å². The van der Waals surface area contributed by atoms with Crippen LogP contribution in [-0.4, -0.2) is 247 Å². The van der Waals surface area contributed by atoms with Crippen molar-refractivity contribution in [3.8, 4) is 0 Å². The van der Waals surface area contributed by atoms with Gasteiger partial charge in [-0.25, -0.2) is 0 Å². The summed E-state index contributed by atoms with van der Waals surface area (Å²) in [6, 6.07) is 18.4. The molecule has 0 aromatic heterocycles. The molecule has 4 N–H and O–H groups in total. The van der Waals surface area contributed by atoms with E-state index in [0.717, 1.165) is 74.8 Å². The predicted molar refractivity (Wildman–Crippen MR) is 426 cm³/mol. The lowest BCUT2D eigenvalue weighted by molar-refractivity contribution is -0.136. The Morgan fingerprint density at radius 1 is 0.438 bits per heavy atom. The smallest absolute Gasteiger partial charge is 0.307 e. The van der Waals surface area contributed by atoms with Crippen molar-refractivity contribution in [3.05, 3.63) is 101 Å². The van der Waals surface area contributed by atoms with Crippen molar-refractivity contribution in [3.63, 3.8) is 0 Å². The van der Waals surface area contributed by atoms with Gasteiger partial charge in [-0.15, -0.1) is 0 Å². The number of aliphatic hydroxyl groups is 2. The Hall–Kier alpha value is -2.67. The predicted octanol–water partition coefficient (Wildman–Crippen LogP) is 15.3. The Kier molecular flexibility index (Phi) is 42.5. The number of benzene rings is 3. The Labute approximate surface area is 659 Å². The summed E-state index contributed by atoms with van der Waals surface area (Å²) in [6.45, 7) is 22.3. The largest absolute Gasteiger partial charge is 0.481 e. The zero-order chi connectivity index (χ0) is 76.2. The molecule has 24 heteroatoms. The molecular formula is C81H128Cl6N6O12. The van der Waals surface area contributed by atoms with Crippen LogP contribution in [0.5, 0.6) is 0 Å². The van der Waals surface area contributed by atoms with E-state index in [9.17, 15) is 14.4 Å². The second-order valence-corrected chi connectivity index (χ2v) is 32.3. The minimum Gasteiger partial charge on any atom is -0.481 e. The van der Waals surface area contributed by atoms with E-state index in [0.29, 0.717) is 144 Å². The van der Waals surface area contributed by atoms with Crippen LogP contribution in [0.4, 0.5) is 0 Å². The molecule has 0 unspecified atom stereocenters. The van der Waals surface area contributed by atoms with Crippen LogP contribution in [0.2, 0.25) is 30.1 Å². The van der Waals surface area contributed by atoms with Crippen molar-refractivity contribution in [2.24, 2.45) is 16.2 Å². The normalized spacial score (nSPS) is 22.3. The van der Waals surface area contributed by atoms with Gasteiger partial charge < -0.3 is 58.9 Å². The van der Waals surface area contributed by atoms with Crippen LogP contribution >= 0.6 is 69.6 Å². The van der Waals surface area contributed by atoms with Crippen LogP contribution in [0.1, 0.15) is 179 Å². The number of likely N-dealkylation sites (N-methyl/N-ethyl adjacent to an activating group) is 3. The molecule has 0 bridgehead atoms.